The number of amides is 1. The van der Waals surface area contributed by atoms with Crippen molar-refractivity contribution in [1.82, 2.24) is 4.90 Å². The summed E-state index contributed by atoms with van der Waals surface area (Å²) in [4.78, 5) is 25.9. The van der Waals surface area contributed by atoms with Gasteiger partial charge in [0.1, 0.15) is 11.5 Å². The van der Waals surface area contributed by atoms with E-state index in [2.05, 4.69) is 6.92 Å². The zero-order valence-electron chi connectivity index (χ0n) is 15.4. The van der Waals surface area contributed by atoms with E-state index < -0.39 is 5.92 Å². The van der Waals surface area contributed by atoms with Crippen molar-refractivity contribution in [2.24, 2.45) is 5.92 Å². The van der Waals surface area contributed by atoms with Crippen LogP contribution in [0.2, 0.25) is 0 Å². The van der Waals surface area contributed by atoms with E-state index in [1.165, 1.54) is 7.11 Å². The summed E-state index contributed by atoms with van der Waals surface area (Å²) in [6, 6.07) is 11.2. The maximum Gasteiger partial charge on any atom is 0.310 e. The Labute approximate surface area is 153 Å². The Morgan fingerprint density at radius 1 is 1.23 bits per heavy atom. The first-order valence-electron chi connectivity index (χ1n) is 8.63. The first kappa shape index (κ1) is 19.6. The van der Waals surface area contributed by atoms with E-state index in [-0.39, 0.29) is 31.6 Å². The molecule has 1 aromatic heterocycles. The third-order valence-corrected chi connectivity index (χ3v) is 4.05. The second-order valence-electron chi connectivity index (χ2n) is 6.07. The molecule has 26 heavy (non-hydrogen) atoms. The third-order valence-electron chi connectivity index (χ3n) is 4.05. The van der Waals surface area contributed by atoms with Gasteiger partial charge in [0.15, 0.2) is 6.61 Å². The molecule has 0 N–H and O–H groups in total. The summed E-state index contributed by atoms with van der Waals surface area (Å²) in [7, 11) is 1.33. The van der Waals surface area contributed by atoms with Crippen molar-refractivity contribution in [2.45, 2.75) is 26.8 Å². The number of ether oxygens (including phenoxy) is 2. The van der Waals surface area contributed by atoms with Crippen LogP contribution in [0.25, 0.3) is 0 Å². The van der Waals surface area contributed by atoms with Crippen LogP contribution < -0.4 is 4.74 Å². The van der Waals surface area contributed by atoms with E-state index in [1.807, 2.05) is 24.3 Å². The van der Waals surface area contributed by atoms with Crippen LogP contribution in [-0.2, 0) is 27.3 Å². The summed E-state index contributed by atoms with van der Waals surface area (Å²) in [5.41, 5.74) is 1.14. The van der Waals surface area contributed by atoms with Gasteiger partial charge >= 0.3 is 5.97 Å². The maximum atomic E-state index is 12.7. The van der Waals surface area contributed by atoms with Gasteiger partial charge < -0.3 is 18.8 Å². The van der Waals surface area contributed by atoms with Gasteiger partial charge in [-0.25, -0.2) is 0 Å². The standard InChI is InChI=1S/C20H25NO5/c1-4-16-7-5-8-17(11-16)26-14-19(22)21(12-15(2)20(23)24-3)13-18-9-6-10-25-18/h5-11,15H,4,12-14H2,1-3H3. The van der Waals surface area contributed by atoms with Gasteiger partial charge in [-0.2, -0.15) is 0 Å². The Morgan fingerprint density at radius 3 is 2.69 bits per heavy atom. The van der Waals surface area contributed by atoms with Crippen molar-refractivity contribution < 1.29 is 23.5 Å². The topological polar surface area (TPSA) is 69.0 Å². The number of hydrogen-bond acceptors (Lipinski definition) is 5. The first-order chi connectivity index (χ1) is 12.5. The Kier molecular flexibility index (Phi) is 7.26. The van der Waals surface area contributed by atoms with Gasteiger partial charge in [-0.05, 0) is 36.2 Å². The smallest absolute Gasteiger partial charge is 0.310 e. The summed E-state index contributed by atoms with van der Waals surface area (Å²) >= 11 is 0. The van der Waals surface area contributed by atoms with Crippen molar-refractivity contribution in [1.29, 1.82) is 0 Å². The number of carbonyl (C=O) groups excluding carboxylic acids is 2. The highest BCUT2D eigenvalue weighted by molar-refractivity contribution is 5.79. The van der Waals surface area contributed by atoms with Crippen LogP contribution in [0.4, 0.5) is 0 Å². The normalized spacial score (nSPS) is 11.7. The highest BCUT2D eigenvalue weighted by Crippen LogP contribution is 2.15. The van der Waals surface area contributed by atoms with Crippen molar-refractivity contribution in [3.63, 3.8) is 0 Å². The lowest BCUT2D eigenvalue weighted by atomic mass is 10.1. The molecule has 1 atom stereocenters. The van der Waals surface area contributed by atoms with Crippen LogP contribution in [0.3, 0.4) is 0 Å². The number of furan rings is 1. The van der Waals surface area contributed by atoms with E-state index in [9.17, 15) is 9.59 Å². The van der Waals surface area contributed by atoms with E-state index in [0.29, 0.717) is 11.5 Å². The number of nitrogens with zero attached hydrogens (tertiary/aromatic N) is 1. The lowest BCUT2D eigenvalue weighted by molar-refractivity contribution is -0.147. The fraction of sp³-hybridized carbons (Fsp3) is 0.400. The molecule has 0 radical (unpaired) electrons. The van der Waals surface area contributed by atoms with Crippen molar-refractivity contribution in [2.75, 3.05) is 20.3 Å². The second kappa shape index (κ2) is 9.65. The molecule has 0 spiro atoms. The monoisotopic (exact) mass is 359 g/mol. The number of hydrogen-bond donors (Lipinski definition) is 0. The average molecular weight is 359 g/mol. The van der Waals surface area contributed by atoms with E-state index in [0.717, 1.165) is 12.0 Å². The molecule has 2 aromatic rings. The maximum absolute atomic E-state index is 12.7. The second-order valence-corrected chi connectivity index (χ2v) is 6.07. The molecule has 1 aromatic carbocycles. The minimum absolute atomic E-state index is 0.109. The molecule has 1 unspecified atom stereocenters. The quantitative estimate of drug-likeness (QED) is 0.644. The van der Waals surface area contributed by atoms with Gasteiger partial charge in [0.2, 0.25) is 0 Å². The minimum atomic E-state index is -0.442. The highest BCUT2D eigenvalue weighted by Gasteiger charge is 2.23. The molecule has 0 saturated heterocycles. The predicted octanol–water partition coefficient (Wildman–Crippen LogP) is 3.06. The largest absolute Gasteiger partial charge is 0.484 e. The van der Waals surface area contributed by atoms with Crippen LogP contribution in [0.15, 0.2) is 47.1 Å². The van der Waals surface area contributed by atoms with E-state index >= 15 is 0 Å². The summed E-state index contributed by atoms with van der Waals surface area (Å²) in [5.74, 6) is 0.264. The molecule has 0 aliphatic heterocycles. The van der Waals surface area contributed by atoms with Gasteiger partial charge in [0, 0.05) is 6.54 Å². The molecule has 0 fully saturated rings. The van der Waals surface area contributed by atoms with E-state index in [1.54, 1.807) is 30.2 Å². The van der Waals surface area contributed by atoms with Crippen LogP contribution >= 0.6 is 0 Å². The summed E-state index contributed by atoms with van der Waals surface area (Å²) in [5, 5.41) is 0. The van der Waals surface area contributed by atoms with Gasteiger partial charge in [0.25, 0.3) is 5.91 Å². The van der Waals surface area contributed by atoms with Gasteiger partial charge in [-0.1, -0.05) is 26.0 Å². The average Bonchev–Trinajstić information content (AvgIpc) is 3.18. The Hall–Kier alpha value is -2.76. The molecule has 6 heteroatoms. The molecule has 0 bridgehead atoms. The Bertz CT molecular complexity index is 711. The van der Waals surface area contributed by atoms with Crippen molar-refractivity contribution >= 4 is 11.9 Å². The molecule has 1 amide bonds. The molecule has 2 rings (SSSR count). The summed E-state index contributed by atoms with van der Waals surface area (Å²) in [6.45, 7) is 4.17. The van der Waals surface area contributed by atoms with Crippen LogP contribution in [0, 0.1) is 5.92 Å². The number of carbonyl (C=O) groups is 2. The molecule has 140 valence electrons. The van der Waals surface area contributed by atoms with Crippen LogP contribution in [0.1, 0.15) is 25.2 Å². The number of aryl methyl sites for hydroxylation is 1. The van der Waals surface area contributed by atoms with Crippen molar-refractivity contribution in [3.05, 3.63) is 54.0 Å². The third kappa shape index (κ3) is 5.65. The number of benzene rings is 1. The molecule has 6 nitrogen and oxygen atoms in total. The fourth-order valence-corrected chi connectivity index (χ4v) is 2.54. The predicted molar refractivity (Wildman–Crippen MR) is 96.6 cm³/mol. The number of rotatable bonds is 9. The lowest BCUT2D eigenvalue weighted by Crippen LogP contribution is -2.39. The first-order valence-corrected chi connectivity index (χ1v) is 8.63. The molecule has 0 aliphatic carbocycles. The van der Waals surface area contributed by atoms with E-state index in [4.69, 9.17) is 13.9 Å². The number of methoxy groups -OCH3 is 1. The molecular weight excluding hydrogens is 334 g/mol. The fourth-order valence-electron chi connectivity index (χ4n) is 2.54. The minimum Gasteiger partial charge on any atom is -0.484 e. The highest BCUT2D eigenvalue weighted by atomic mass is 16.5. The Morgan fingerprint density at radius 2 is 2.04 bits per heavy atom. The summed E-state index contributed by atoms with van der Waals surface area (Å²) < 4.78 is 15.7. The molecule has 0 aliphatic rings. The number of esters is 1. The van der Waals surface area contributed by atoms with Gasteiger partial charge in [-0.15, -0.1) is 0 Å². The zero-order chi connectivity index (χ0) is 18.9. The Balaban J connectivity index is 2.02. The van der Waals surface area contributed by atoms with Crippen LogP contribution in [0.5, 0.6) is 5.75 Å². The van der Waals surface area contributed by atoms with Crippen LogP contribution in [-0.4, -0.2) is 37.0 Å². The lowest BCUT2D eigenvalue weighted by Gasteiger charge is -2.24. The SMILES string of the molecule is CCc1cccc(OCC(=O)N(Cc2ccco2)CC(C)C(=O)OC)c1. The molecule has 1 heterocycles. The van der Waals surface area contributed by atoms with Gasteiger partial charge in [-0.3, -0.25) is 9.59 Å². The molecule has 0 saturated carbocycles. The zero-order valence-corrected chi connectivity index (χ0v) is 15.4. The van der Waals surface area contributed by atoms with Gasteiger partial charge in [0.05, 0.1) is 25.8 Å². The van der Waals surface area contributed by atoms with Crippen molar-refractivity contribution in [3.8, 4) is 5.75 Å². The summed E-state index contributed by atoms with van der Waals surface area (Å²) in [6.07, 6.45) is 2.45. The molecular formula is C20H25NO5.